The first-order valence-electron chi connectivity index (χ1n) is 25.8. The second-order valence-corrected chi connectivity index (χ2v) is 23.2. The van der Waals surface area contributed by atoms with Gasteiger partial charge in [0.25, 0.3) is 0 Å². The minimum Gasteiger partial charge on any atom is -0.450 e. The van der Waals surface area contributed by atoms with Crippen molar-refractivity contribution in [1.29, 1.82) is 0 Å². The minimum atomic E-state index is -3.57. The fraction of sp³-hybridized carbons (Fsp3) is 0.500. The van der Waals surface area contributed by atoms with Crippen molar-refractivity contribution in [2.24, 2.45) is 11.8 Å². The molecule has 0 amide bonds. The van der Waals surface area contributed by atoms with Crippen LogP contribution in [0.3, 0.4) is 0 Å². The third-order valence-corrected chi connectivity index (χ3v) is 17.3. The molecule has 10 rings (SSSR count). The molecule has 4 heterocycles. The number of anilines is 1. The zero-order chi connectivity index (χ0) is 50.3. The molecule has 18 nitrogen and oxygen atoms in total. The van der Waals surface area contributed by atoms with Gasteiger partial charge in [-0.1, -0.05) is 130 Å². The van der Waals surface area contributed by atoms with Gasteiger partial charge in [-0.2, -0.15) is 9.59 Å². The Labute approximate surface area is 431 Å². The van der Waals surface area contributed by atoms with Crippen LogP contribution in [0.5, 0.6) is 0 Å². The second kappa shape index (κ2) is 26.7. The molecular weight excluding hydrogens is 964 g/mol. The fourth-order valence-electron chi connectivity index (χ4n) is 10.4. The topological polar surface area (TPSA) is 247 Å². The molecule has 2 aliphatic carbocycles. The van der Waals surface area contributed by atoms with E-state index >= 15 is 0 Å². The lowest BCUT2D eigenvalue weighted by molar-refractivity contribution is 0.313. The van der Waals surface area contributed by atoms with Crippen molar-refractivity contribution in [2.45, 2.75) is 125 Å². The first kappa shape index (κ1) is 55.3. The molecular formula is C52H72BN12O6S2. The van der Waals surface area contributed by atoms with Crippen molar-refractivity contribution in [3.63, 3.8) is 0 Å². The average Bonchev–Trinajstić information content (AvgIpc) is 4.15. The Bertz CT molecular complexity index is 2860. The highest BCUT2D eigenvalue weighted by Crippen LogP contribution is 2.34. The molecule has 21 heteroatoms. The standard InChI is InChI=1S/C26H34N6O2S.C20H30N6O2S.C6H6BO.H2O/c1-27-35(33,34)24-15-14-21(17-20-9-4-2-5-10-20)25(18-24)26-28-30-32(29-26)23-13-8-16-31(19-23)22-11-6-3-7-12-22;1-21-29(27,28)18-10-9-16(12-15-6-3-2-4-7-15)19(13-18)20-23-25-26(24-20)17-8-5-11-22-14-17;8-7-6-4-2-1-3-5-6;/h3,6-7,11-12,14-15,18,20,23,27H,2,4-5,8-10,13,16-17,19H2,1H3;9-10,13,15,17,21-22H,2-8,11-12,14H2,1H3;1-5,8H;1H2. The highest BCUT2D eigenvalue weighted by atomic mass is 32.2. The van der Waals surface area contributed by atoms with Gasteiger partial charge >= 0.3 is 7.48 Å². The SMILES string of the molecule is CNS(=O)(=O)c1ccc(CC2CCCCC2)c(-c2nnn(C3CCCN(c4ccccc4)C3)n2)c1.CNS(=O)(=O)c1ccc(CC2CCCCC2)c(-c2nnn(C3CCCNC3)n2)c1.O.O[B]c1ccccc1. The van der Waals surface area contributed by atoms with E-state index in [0.29, 0.717) is 23.5 Å². The minimum absolute atomic E-state index is 0. The molecule has 2 unspecified atom stereocenters. The van der Waals surface area contributed by atoms with E-state index in [0.717, 1.165) is 99.9 Å². The van der Waals surface area contributed by atoms with Crippen molar-refractivity contribution in [3.05, 3.63) is 108 Å². The zero-order valence-electron chi connectivity index (χ0n) is 42.2. The Morgan fingerprint density at radius 1 is 0.616 bits per heavy atom. The maximum absolute atomic E-state index is 12.5. The van der Waals surface area contributed by atoms with Crippen LogP contribution < -0.4 is 25.1 Å². The van der Waals surface area contributed by atoms with Gasteiger partial charge in [-0.3, -0.25) is 0 Å². The summed E-state index contributed by atoms with van der Waals surface area (Å²) >= 11 is 0. The monoisotopic (exact) mass is 1040 g/mol. The van der Waals surface area contributed by atoms with Crippen molar-refractivity contribution >= 4 is 38.7 Å². The van der Waals surface area contributed by atoms with Gasteiger partial charge in [0.2, 0.25) is 31.7 Å². The van der Waals surface area contributed by atoms with E-state index in [-0.39, 0.29) is 27.4 Å². The number of nitrogens with zero attached hydrogens (tertiary/aromatic N) is 9. The zero-order valence-corrected chi connectivity index (χ0v) is 43.8. The molecule has 2 saturated carbocycles. The Hall–Kier alpha value is -5.42. The molecule has 73 heavy (non-hydrogen) atoms. The summed E-state index contributed by atoms with van der Waals surface area (Å²) < 4.78 is 54.6. The van der Waals surface area contributed by atoms with Gasteiger partial charge in [-0.05, 0) is 129 Å². The average molecular weight is 1040 g/mol. The summed E-state index contributed by atoms with van der Waals surface area (Å²) in [6.07, 6.45) is 18.6. The van der Waals surface area contributed by atoms with E-state index < -0.39 is 20.0 Å². The van der Waals surface area contributed by atoms with Crippen molar-refractivity contribution < 1.29 is 27.3 Å². The first-order chi connectivity index (χ1) is 35.0. The van der Waals surface area contributed by atoms with Crippen LogP contribution in [-0.4, -0.2) is 116 Å². The van der Waals surface area contributed by atoms with E-state index in [2.05, 4.69) is 69.6 Å². The summed E-state index contributed by atoms with van der Waals surface area (Å²) in [5.41, 5.74) is 5.80. The number of hydrogen-bond donors (Lipinski definition) is 4. The van der Waals surface area contributed by atoms with Crippen LogP contribution in [0.25, 0.3) is 22.8 Å². The fourth-order valence-corrected chi connectivity index (χ4v) is 11.9. The largest absolute Gasteiger partial charge is 0.450 e. The Balaban J connectivity index is 0.000000185. The van der Waals surface area contributed by atoms with Crippen LogP contribution in [0.4, 0.5) is 5.69 Å². The number of hydrogen-bond acceptors (Lipinski definition) is 13. The highest BCUT2D eigenvalue weighted by molar-refractivity contribution is 7.89. The lowest BCUT2D eigenvalue weighted by Gasteiger charge is -2.33. The maximum atomic E-state index is 12.5. The van der Waals surface area contributed by atoms with Gasteiger partial charge in [-0.15, -0.1) is 20.4 Å². The Morgan fingerprint density at radius 2 is 1.11 bits per heavy atom. The van der Waals surface area contributed by atoms with Gasteiger partial charge in [0.1, 0.15) is 0 Å². The second-order valence-electron chi connectivity index (χ2n) is 19.5. The Kier molecular flexibility index (Phi) is 20.2. The van der Waals surface area contributed by atoms with E-state index in [9.17, 15) is 16.8 Å². The van der Waals surface area contributed by atoms with Crippen molar-refractivity contribution in [2.75, 3.05) is 45.2 Å². The molecule has 2 aromatic heterocycles. The summed E-state index contributed by atoms with van der Waals surface area (Å²) in [6.45, 7) is 3.69. The van der Waals surface area contributed by atoms with Crippen molar-refractivity contribution in [1.82, 2.24) is 55.2 Å². The molecule has 391 valence electrons. The highest BCUT2D eigenvalue weighted by Gasteiger charge is 2.27. The maximum Gasteiger partial charge on any atom is 0.326 e. The van der Waals surface area contributed by atoms with Crippen LogP contribution in [0.2, 0.25) is 0 Å². The van der Waals surface area contributed by atoms with Gasteiger partial charge in [0, 0.05) is 36.4 Å². The summed E-state index contributed by atoms with van der Waals surface area (Å²) in [5, 5.41) is 38.6. The molecule has 2 aliphatic heterocycles. The Morgan fingerprint density at radius 3 is 1.58 bits per heavy atom. The number of piperidine rings is 2. The van der Waals surface area contributed by atoms with Crippen LogP contribution in [0.1, 0.15) is 113 Å². The molecule has 1 radical (unpaired) electrons. The van der Waals surface area contributed by atoms with E-state index in [1.165, 1.54) is 84.0 Å². The van der Waals surface area contributed by atoms with Gasteiger partial charge in [0.05, 0.1) is 21.9 Å². The number of sulfonamides is 2. The molecule has 0 spiro atoms. The smallest absolute Gasteiger partial charge is 0.326 e. The molecule has 2 saturated heterocycles. The van der Waals surface area contributed by atoms with E-state index in [1.807, 2.05) is 48.5 Å². The normalized spacial score (nSPS) is 18.9. The molecule has 4 aromatic carbocycles. The third kappa shape index (κ3) is 14.9. The van der Waals surface area contributed by atoms with Crippen LogP contribution >= 0.6 is 0 Å². The molecule has 6 N–H and O–H groups in total. The summed E-state index contributed by atoms with van der Waals surface area (Å²) in [7, 11) is -3.16. The van der Waals surface area contributed by atoms with Crippen molar-refractivity contribution in [3.8, 4) is 22.8 Å². The van der Waals surface area contributed by atoms with Gasteiger partial charge in [-0.25, -0.2) is 26.3 Å². The predicted octanol–water partition coefficient (Wildman–Crippen LogP) is 5.61. The summed E-state index contributed by atoms with van der Waals surface area (Å²) in [4.78, 5) is 6.25. The molecule has 4 aliphatic rings. The molecule has 2 atom stereocenters. The first-order valence-corrected chi connectivity index (χ1v) is 28.8. The quantitative estimate of drug-likeness (QED) is 0.0971. The number of rotatable bonds is 14. The number of tetrazole rings is 2. The number of para-hydroxylation sites is 1. The summed E-state index contributed by atoms with van der Waals surface area (Å²) in [5.74, 6) is 2.25. The van der Waals surface area contributed by atoms with Crippen LogP contribution in [-0.2, 0) is 32.9 Å². The molecule has 6 aromatic rings. The lowest BCUT2D eigenvalue weighted by atomic mass is 9.84. The number of aromatic nitrogens is 8. The summed E-state index contributed by atoms with van der Waals surface area (Å²) in [6, 6.07) is 30.7. The number of benzene rings is 4. The molecule has 4 fully saturated rings. The van der Waals surface area contributed by atoms with Gasteiger partial charge in [0.15, 0.2) is 0 Å². The van der Waals surface area contributed by atoms with Crippen LogP contribution in [0, 0.1) is 11.8 Å². The van der Waals surface area contributed by atoms with E-state index in [1.54, 1.807) is 33.9 Å². The predicted molar refractivity (Wildman–Crippen MR) is 285 cm³/mol. The van der Waals surface area contributed by atoms with Gasteiger partial charge < -0.3 is 20.7 Å². The van der Waals surface area contributed by atoms with E-state index in [4.69, 9.17) is 10.1 Å². The van der Waals surface area contributed by atoms with Crippen LogP contribution in [0.15, 0.2) is 107 Å². The lowest BCUT2D eigenvalue weighted by Crippen LogP contribution is -2.37. The number of nitrogens with one attached hydrogen (secondary N) is 3. The third-order valence-electron chi connectivity index (χ3n) is 14.5. The molecule has 0 bridgehead atoms.